The number of hydrogen-bond acceptors (Lipinski definition) is 3. The van der Waals surface area contributed by atoms with Gasteiger partial charge in [-0.2, -0.15) is 5.26 Å². The van der Waals surface area contributed by atoms with Crippen molar-refractivity contribution in [1.29, 1.82) is 5.26 Å². The smallest absolute Gasteiger partial charge is 0.258 e. The Balaban J connectivity index is 2.29. The Labute approximate surface area is 96.3 Å². The summed E-state index contributed by atoms with van der Waals surface area (Å²) in [6.45, 7) is 0. The largest absolute Gasteiger partial charge is 0.472 e. The molecule has 2 rings (SSSR count). The lowest BCUT2D eigenvalue weighted by Crippen LogP contribution is -2.12. The number of furan rings is 1. The summed E-state index contributed by atoms with van der Waals surface area (Å²) in [5.41, 5.74) is 0.251. The van der Waals surface area contributed by atoms with Gasteiger partial charge in [-0.05, 0) is 18.2 Å². The van der Waals surface area contributed by atoms with Crippen molar-refractivity contribution in [3.8, 4) is 6.07 Å². The van der Waals surface area contributed by atoms with Crippen LogP contribution < -0.4 is 5.32 Å². The second kappa shape index (κ2) is 4.49. The van der Waals surface area contributed by atoms with Gasteiger partial charge in [-0.15, -0.1) is 0 Å². The lowest BCUT2D eigenvalue weighted by atomic mass is 10.1. The summed E-state index contributed by atoms with van der Waals surface area (Å²) in [4.78, 5) is 11.7. The average molecular weight is 230 g/mol. The SMILES string of the molecule is N#Cc1c(F)cccc1NC(=O)c1ccoc1. The number of rotatable bonds is 2. The van der Waals surface area contributed by atoms with Crippen molar-refractivity contribution in [2.75, 3.05) is 5.32 Å². The van der Waals surface area contributed by atoms with Gasteiger partial charge in [0, 0.05) is 0 Å². The molecule has 0 saturated heterocycles. The molecule has 0 spiro atoms. The first-order chi connectivity index (χ1) is 8.22. The molecule has 0 atom stereocenters. The van der Waals surface area contributed by atoms with E-state index in [1.165, 1.54) is 30.7 Å². The molecule has 0 aliphatic heterocycles. The number of nitrogens with one attached hydrogen (secondary N) is 1. The minimum absolute atomic E-state index is 0.138. The highest BCUT2D eigenvalue weighted by atomic mass is 19.1. The van der Waals surface area contributed by atoms with E-state index >= 15 is 0 Å². The van der Waals surface area contributed by atoms with E-state index in [-0.39, 0.29) is 11.3 Å². The van der Waals surface area contributed by atoms with Gasteiger partial charge in [0.1, 0.15) is 23.7 Å². The molecule has 0 unspecified atom stereocenters. The summed E-state index contributed by atoms with van der Waals surface area (Å²) in [5, 5.41) is 11.2. The van der Waals surface area contributed by atoms with Crippen LogP contribution in [0.25, 0.3) is 0 Å². The van der Waals surface area contributed by atoms with Gasteiger partial charge in [-0.1, -0.05) is 6.07 Å². The number of nitriles is 1. The molecule has 1 heterocycles. The monoisotopic (exact) mass is 230 g/mol. The Morgan fingerprint density at radius 1 is 1.41 bits per heavy atom. The van der Waals surface area contributed by atoms with Crippen LogP contribution in [0, 0.1) is 17.1 Å². The summed E-state index contributed by atoms with van der Waals surface area (Å²) in [6.07, 6.45) is 2.62. The third kappa shape index (κ3) is 2.16. The quantitative estimate of drug-likeness (QED) is 0.862. The highest BCUT2D eigenvalue weighted by Gasteiger charge is 2.12. The fraction of sp³-hybridized carbons (Fsp3) is 0. The summed E-state index contributed by atoms with van der Waals surface area (Å²) in [7, 11) is 0. The van der Waals surface area contributed by atoms with Crippen LogP contribution in [0.5, 0.6) is 0 Å². The standard InChI is InChI=1S/C12H7FN2O2/c13-10-2-1-3-11(9(10)6-14)15-12(16)8-4-5-17-7-8/h1-5,7H,(H,15,16). The summed E-state index contributed by atoms with van der Waals surface area (Å²) < 4.78 is 18.0. The Hall–Kier alpha value is -2.61. The zero-order valence-corrected chi connectivity index (χ0v) is 8.61. The van der Waals surface area contributed by atoms with Gasteiger partial charge in [0.15, 0.2) is 0 Å². The van der Waals surface area contributed by atoms with Crippen LogP contribution in [-0.2, 0) is 0 Å². The Bertz CT molecular complexity index is 585. The molecule has 1 aromatic heterocycles. The Morgan fingerprint density at radius 3 is 2.88 bits per heavy atom. The van der Waals surface area contributed by atoms with E-state index in [0.29, 0.717) is 5.56 Å². The third-order valence-corrected chi connectivity index (χ3v) is 2.16. The van der Waals surface area contributed by atoms with Crippen LogP contribution in [0.3, 0.4) is 0 Å². The van der Waals surface area contributed by atoms with Gasteiger partial charge in [0.05, 0.1) is 17.5 Å². The van der Waals surface area contributed by atoms with E-state index in [0.717, 1.165) is 6.07 Å². The number of carbonyl (C=O) groups excluding carboxylic acids is 1. The first-order valence-corrected chi connectivity index (χ1v) is 4.74. The fourth-order valence-electron chi connectivity index (χ4n) is 1.33. The van der Waals surface area contributed by atoms with E-state index < -0.39 is 11.7 Å². The number of halogens is 1. The van der Waals surface area contributed by atoms with Crippen molar-refractivity contribution < 1.29 is 13.6 Å². The second-order valence-electron chi connectivity index (χ2n) is 3.24. The molecule has 0 saturated carbocycles. The molecule has 4 nitrogen and oxygen atoms in total. The van der Waals surface area contributed by atoms with Crippen LogP contribution in [-0.4, -0.2) is 5.91 Å². The van der Waals surface area contributed by atoms with Crippen LogP contribution >= 0.6 is 0 Å². The predicted molar refractivity (Wildman–Crippen MR) is 57.8 cm³/mol. The highest BCUT2D eigenvalue weighted by Crippen LogP contribution is 2.18. The maximum atomic E-state index is 13.3. The maximum absolute atomic E-state index is 13.3. The summed E-state index contributed by atoms with van der Waals surface area (Å²) in [6, 6.07) is 7.21. The van der Waals surface area contributed by atoms with E-state index in [1.54, 1.807) is 6.07 Å². The van der Waals surface area contributed by atoms with E-state index in [2.05, 4.69) is 5.32 Å². The second-order valence-corrected chi connectivity index (χ2v) is 3.24. The van der Waals surface area contributed by atoms with E-state index in [4.69, 9.17) is 9.68 Å². The maximum Gasteiger partial charge on any atom is 0.258 e. The molecule has 2 aromatic rings. The Kier molecular flexibility index (Phi) is 2.88. The molecule has 0 aliphatic rings. The van der Waals surface area contributed by atoms with Gasteiger partial charge in [0.25, 0.3) is 5.91 Å². The number of carbonyl (C=O) groups is 1. The summed E-state index contributed by atoms with van der Waals surface area (Å²) in [5.74, 6) is -1.13. The number of benzene rings is 1. The normalized spacial score (nSPS) is 9.65. The molecule has 0 bridgehead atoms. The number of nitrogens with zero attached hydrogens (tertiary/aromatic N) is 1. The van der Waals surface area contributed by atoms with Crippen LogP contribution in [0.1, 0.15) is 15.9 Å². The minimum atomic E-state index is -0.669. The molecule has 1 N–H and O–H groups in total. The third-order valence-electron chi connectivity index (χ3n) is 2.16. The fourth-order valence-corrected chi connectivity index (χ4v) is 1.33. The van der Waals surface area contributed by atoms with Gasteiger partial charge < -0.3 is 9.73 Å². The molecular formula is C12H7FN2O2. The minimum Gasteiger partial charge on any atom is -0.472 e. The van der Waals surface area contributed by atoms with Crippen LogP contribution in [0.2, 0.25) is 0 Å². The number of hydrogen-bond donors (Lipinski definition) is 1. The number of anilines is 1. The van der Waals surface area contributed by atoms with Crippen LogP contribution in [0.4, 0.5) is 10.1 Å². The van der Waals surface area contributed by atoms with Crippen molar-refractivity contribution in [2.45, 2.75) is 0 Å². The first kappa shape index (κ1) is 10.9. The van der Waals surface area contributed by atoms with Crippen molar-refractivity contribution in [3.63, 3.8) is 0 Å². The number of amides is 1. The topological polar surface area (TPSA) is 66.0 Å². The lowest BCUT2D eigenvalue weighted by Gasteiger charge is -2.05. The molecule has 17 heavy (non-hydrogen) atoms. The molecule has 1 amide bonds. The van der Waals surface area contributed by atoms with Crippen molar-refractivity contribution in [2.24, 2.45) is 0 Å². The van der Waals surface area contributed by atoms with Crippen molar-refractivity contribution >= 4 is 11.6 Å². The molecular weight excluding hydrogens is 223 g/mol. The average Bonchev–Trinajstić information content (AvgIpc) is 2.82. The van der Waals surface area contributed by atoms with Gasteiger partial charge in [-0.3, -0.25) is 4.79 Å². The van der Waals surface area contributed by atoms with E-state index in [9.17, 15) is 9.18 Å². The zero-order valence-electron chi connectivity index (χ0n) is 8.61. The molecule has 84 valence electrons. The van der Waals surface area contributed by atoms with Gasteiger partial charge >= 0.3 is 0 Å². The van der Waals surface area contributed by atoms with Crippen molar-refractivity contribution in [3.05, 3.63) is 53.7 Å². The van der Waals surface area contributed by atoms with Gasteiger partial charge in [-0.25, -0.2) is 4.39 Å². The van der Waals surface area contributed by atoms with Crippen molar-refractivity contribution in [1.82, 2.24) is 0 Å². The predicted octanol–water partition coefficient (Wildman–Crippen LogP) is 2.54. The molecule has 0 fully saturated rings. The molecule has 0 radical (unpaired) electrons. The molecule has 1 aromatic carbocycles. The zero-order chi connectivity index (χ0) is 12.3. The summed E-state index contributed by atoms with van der Waals surface area (Å²) >= 11 is 0. The molecule has 0 aliphatic carbocycles. The molecule has 5 heteroatoms. The van der Waals surface area contributed by atoms with Gasteiger partial charge in [0.2, 0.25) is 0 Å². The van der Waals surface area contributed by atoms with Crippen LogP contribution in [0.15, 0.2) is 41.2 Å². The van der Waals surface area contributed by atoms with E-state index in [1.807, 2.05) is 0 Å². The lowest BCUT2D eigenvalue weighted by molar-refractivity contribution is 0.102. The Morgan fingerprint density at radius 2 is 2.24 bits per heavy atom. The highest BCUT2D eigenvalue weighted by molar-refractivity contribution is 6.04. The first-order valence-electron chi connectivity index (χ1n) is 4.74.